The van der Waals surface area contributed by atoms with Gasteiger partial charge in [0, 0.05) is 35.8 Å². The average Bonchev–Trinajstić information content (AvgIpc) is 3.80. The van der Waals surface area contributed by atoms with E-state index in [9.17, 15) is 0 Å². The predicted molar refractivity (Wildman–Crippen MR) is 187 cm³/mol. The Kier molecular flexibility index (Phi) is 6.37. The highest BCUT2D eigenvalue weighted by molar-refractivity contribution is 9.10. The van der Waals surface area contributed by atoms with Crippen molar-refractivity contribution < 1.29 is 4.74 Å². The lowest BCUT2D eigenvalue weighted by molar-refractivity contribution is 0.0653. The van der Waals surface area contributed by atoms with Gasteiger partial charge < -0.3 is 4.74 Å². The van der Waals surface area contributed by atoms with Crippen LogP contribution in [0, 0.1) is 0 Å². The maximum atomic E-state index is 6.55. The van der Waals surface area contributed by atoms with E-state index in [2.05, 4.69) is 106 Å². The lowest BCUT2D eigenvalue weighted by atomic mass is 9.99. The van der Waals surface area contributed by atoms with Gasteiger partial charge in [0.15, 0.2) is 0 Å². The molecule has 0 fully saturated rings. The third-order valence-corrected chi connectivity index (χ3v) is 10.2. The number of allylic oxidation sites excluding steroid dienone is 2. The summed E-state index contributed by atoms with van der Waals surface area (Å²) in [6, 6.07) is 38.3. The molecule has 0 saturated heterocycles. The van der Waals surface area contributed by atoms with Gasteiger partial charge in [0.25, 0.3) is 0 Å². The number of para-hydroxylation sites is 3. The van der Waals surface area contributed by atoms with Crippen LogP contribution in [0.4, 0.5) is 5.69 Å². The van der Waals surface area contributed by atoms with Gasteiger partial charge >= 0.3 is 0 Å². The van der Waals surface area contributed by atoms with Gasteiger partial charge in [-0.05, 0) is 59.7 Å². The molecule has 216 valence electrons. The van der Waals surface area contributed by atoms with Crippen molar-refractivity contribution >= 4 is 58.8 Å². The summed E-state index contributed by atoms with van der Waals surface area (Å²) in [4.78, 5) is 17.2. The van der Waals surface area contributed by atoms with Crippen molar-refractivity contribution in [3.63, 3.8) is 0 Å². The van der Waals surface area contributed by atoms with Crippen LogP contribution in [0.25, 0.3) is 42.4 Å². The zero-order valence-corrected chi connectivity index (χ0v) is 26.3. The minimum Gasteiger partial charge on any atom is -0.325 e. The van der Waals surface area contributed by atoms with Crippen LogP contribution >= 0.6 is 27.3 Å². The van der Waals surface area contributed by atoms with Crippen molar-refractivity contribution in [2.24, 2.45) is 15.0 Å². The highest BCUT2D eigenvalue weighted by Crippen LogP contribution is 2.44. The van der Waals surface area contributed by atoms with Crippen molar-refractivity contribution in [1.82, 2.24) is 0 Å². The summed E-state index contributed by atoms with van der Waals surface area (Å²) >= 11 is 5.46. The van der Waals surface area contributed by atoms with Crippen LogP contribution in [0.5, 0.6) is 0 Å². The summed E-state index contributed by atoms with van der Waals surface area (Å²) in [5.74, 6) is 0. The Hall–Kier alpha value is -4.69. The molecule has 45 heavy (non-hydrogen) atoms. The summed E-state index contributed by atoms with van der Waals surface area (Å²) in [5, 5.41) is 4.26. The number of fused-ring (bicyclic) bond motifs is 5. The first-order valence-corrected chi connectivity index (χ1v) is 16.5. The average molecular weight is 666 g/mol. The van der Waals surface area contributed by atoms with Gasteiger partial charge in [0.05, 0.1) is 22.1 Å². The standard InChI is InChI=1S/C38H25BrN4OS/c39-25-10-7-9-23(21-25)24-19-20-27-29-13-8-12-28(36(29)45-35(27)22-24)26-11-1-5-17-33(26)43(37-40-30-14-2-3-15-31(30)41-37)38-42-32-16-4-6-18-34(32)44-38/h1-22,34,37-38H. The number of anilines is 1. The Labute approximate surface area is 272 Å². The number of hydrogen-bond acceptors (Lipinski definition) is 6. The zero-order chi connectivity index (χ0) is 29.9. The maximum absolute atomic E-state index is 6.55. The van der Waals surface area contributed by atoms with Crippen LogP contribution in [0.3, 0.4) is 0 Å². The second-order valence-corrected chi connectivity index (χ2v) is 13.2. The number of ether oxygens (including phenoxy) is 1. The molecule has 0 bridgehead atoms. The Balaban J connectivity index is 1.21. The molecule has 7 heteroatoms. The third-order valence-electron chi connectivity index (χ3n) is 8.49. The fraction of sp³-hybridized carbons (Fsp3) is 0.0789. The molecule has 3 heterocycles. The highest BCUT2D eigenvalue weighted by atomic mass is 79.9. The lowest BCUT2D eigenvalue weighted by Gasteiger charge is -2.32. The van der Waals surface area contributed by atoms with Crippen LogP contribution in [-0.4, -0.2) is 24.5 Å². The molecule has 0 spiro atoms. The van der Waals surface area contributed by atoms with Gasteiger partial charge in [0.2, 0.25) is 12.6 Å². The molecule has 1 aliphatic carbocycles. The Morgan fingerprint density at radius 2 is 1.47 bits per heavy atom. The highest BCUT2D eigenvalue weighted by Gasteiger charge is 2.36. The number of benzene rings is 5. The summed E-state index contributed by atoms with van der Waals surface area (Å²) < 4.78 is 10.1. The summed E-state index contributed by atoms with van der Waals surface area (Å²) in [5.41, 5.74) is 6.54. The molecule has 0 amide bonds. The van der Waals surface area contributed by atoms with Gasteiger partial charge in [-0.25, -0.2) is 15.0 Å². The first-order valence-electron chi connectivity index (χ1n) is 14.9. The molecule has 2 atom stereocenters. The third kappa shape index (κ3) is 4.58. The fourth-order valence-electron chi connectivity index (χ4n) is 6.39. The van der Waals surface area contributed by atoms with E-state index in [1.165, 1.54) is 31.3 Å². The molecule has 3 aliphatic rings. The number of aliphatic imine (C=N–C) groups is 1. The van der Waals surface area contributed by atoms with Gasteiger partial charge in [-0.3, -0.25) is 4.90 Å². The fourth-order valence-corrected chi connectivity index (χ4v) is 8.06. The first-order chi connectivity index (χ1) is 22.2. The van der Waals surface area contributed by atoms with Gasteiger partial charge in [-0.1, -0.05) is 101 Å². The molecule has 9 rings (SSSR count). The van der Waals surface area contributed by atoms with Gasteiger partial charge in [-0.15, -0.1) is 11.3 Å². The number of rotatable bonds is 5. The second kappa shape index (κ2) is 10.7. The van der Waals surface area contributed by atoms with Crippen molar-refractivity contribution in [2.75, 3.05) is 4.90 Å². The zero-order valence-electron chi connectivity index (χ0n) is 23.9. The quantitative estimate of drug-likeness (QED) is 0.186. The van der Waals surface area contributed by atoms with E-state index >= 15 is 0 Å². The van der Waals surface area contributed by atoms with E-state index in [1.54, 1.807) is 0 Å². The number of thiophene rings is 1. The van der Waals surface area contributed by atoms with E-state index in [4.69, 9.17) is 19.7 Å². The van der Waals surface area contributed by atoms with Crippen LogP contribution in [0.1, 0.15) is 0 Å². The van der Waals surface area contributed by atoms with Crippen LogP contribution in [-0.2, 0) is 4.74 Å². The molecule has 5 nitrogen and oxygen atoms in total. The van der Waals surface area contributed by atoms with E-state index in [-0.39, 0.29) is 6.10 Å². The first kappa shape index (κ1) is 26.7. The van der Waals surface area contributed by atoms with E-state index in [1.807, 2.05) is 59.9 Å². The monoisotopic (exact) mass is 664 g/mol. The normalized spacial score (nSPS) is 18.5. The van der Waals surface area contributed by atoms with Crippen molar-refractivity contribution in [3.05, 3.63) is 149 Å². The van der Waals surface area contributed by atoms with E-state index in [0.29, 0.717) is 0 Å². The molecule has 2 unspecified atom stereocenters. The van der Waals surface area contributed by atoms with Crippen molar-refractivity contribution in [3.8, 4) is 22.3 Å². The van der Waals surface area contributed by atoms with Crippen molar-refractivity contribution in [2.45, 2.75) is 18.7 Å². The lowest BCUT2D eigenvalue weighted by Crippen LogP contribution is -2.42. The van der Waals surface area contributed by atoms with Crippen LogP contribution in [0.15, 0.2) is 153 Å². The Morgan fingerprint density at radius 3 is 2.31 bits per heavy atom. The SMILES string of the molecule is Brc1cccc(-c2ccc3c(c2)sc2c(-c4ccccc4N(C4N=c5ccccc5=N4)C4N=C5C=CC=CC5O4)cccc23)c1. The second-order valence-electron chi connectivity index (χ2n) is 11.2. The van der Waals surface area contributed by atoms with Crippen molar-refractivity contribution in [1.29, 1.82) is 0 Å². The molecule has 2 aliphatic heterocycles. The largest absolute Gasteiger partial charge is 0.325 e. The maximum Gasteiger partial charge on any atom is 0.232 e. The molecular formula is C38H25BrN4OS. The molecule has 0 radical (unpaired) electrons. The minimum atomic E-state index is -0.584. The number of hydrogen-bond donors (Lipinski definition) is 0. The Bertz CT molecular complexity index is 2340. The predicted octanol–water partition coefficient (Wildman–Crippen LogP) is 8.44. The molecule has 5 aromatic carbocycles. The minimum absolute atomic E-state index is 0.191. The van der Waals surface area contributed by atoms with Gasteiger partial charge in [0.1, 0.15) is 6.10 Å². The molecule has 1 aromatic heterocycles. The van der Waals surface area contributed by atoms with Crippen LogP contribution < -0.4 is 15.6 Å². The number of halogens is 1. The topological polar surface area (TPSA) is 49.5 Å². The smallest absolute Gasteiger partial charge is 0.232 e. The Morgan fingerprint density at radius 1 is 0.689 bits per heavy atom. The van der Waals surface area contributed by atoms with Gasteiger partial charge in [-0.2, -0.15) is 0 Å². The van der Waals surface area contributed by atoms with E-state index < -0.39 is 12.6 Å². The molecule has 0 N–H and O–H groups in total. The molecule has 0 saturated carbocycles. The number of nitrogens with zero attached hydrogens (tertiary/aromatic N) is 4. The molecular weight excluding hydrogens is 640 g/mol. The van der Waals surface area contributed by atoms with E-state index in [0.717, 1.165) is 37.7 Å². The van der Waals surface area contributed by atoms with Crippen LogP contribution in [0.2, 0.25) is 0 Å². The summed E-state index contributed by atoms with van der Waals surface area (Å²) in [7, 11) is 0. The summed E-state index contributed by atoms with van der Waals surface area (Å²) in [6.07, 6.45) is 6.79. The summed E-state index contributed by atoms with van der Waals surface area (Å²) in [6.45, 7) is 0. The molecule has 6 aromatic rings.